The van der Waals surface area contributed by atoms with Gasteiger partial charge in [-0.15, -0.1) is 0 Å². The smallest absolute Gasteiger partial charge is 0.0270 e. The van der Waals surface area contributed by atoms with Crippen molar-refractivity contribution in [3.8, 4) is 0 Å². The Morgan fingerprint density at radius 2 is 1.35 bits per heavy atom. The predicted octanol–water partition coefficient (Wildman–Crippen LogP) is 6.14. The summed E-state index contributed by atoms with van der Waals surface area (Å²) in [7, 11) is 0. The van der Waals surface area contributed by atoms with E-state index >= 15 is 0 Å². The molecule has 0 saturated carbocycles. The Labute approximate surface area is 126 Å². The zero-order chi connectivity index (χ0) is 12.3. The van der Waals surface area contributed by atoms with Crippen LogP contribution in [0.15, 0.2) is 55.9 Å². The minimum atomic E-state index is 1.05. The molecule has 0 saturated heterocycles. The van der Waals surface area contributed by atoms with Crippen LogP contribution in [0.1, 0.15) is 11.1 Å². The van der Waals surface area contributed by atoms with E-state index in [1.54, 1.807) is 0 Å². The van der Waals surface area contributed by atoms with Crippen LogP contribution in [-0.4, -0.2) is 0 Å². The number of hydrogen-bond acceptors (Lipinski definition) is 0. The minimum absolute atomic E-state index is 1.05. The van der Waals surface area contributed by atoms with Gasteiger partial charge in [-0.05, 0) is 17.7 Å². The third-order valence-corrected chi connectivity index (χ3v) is 4.06. The molecular weight excluding hydrogens is 408 g/mol. The molecule has 0 unspecified atom stereocenters. The lowest BCUT2D eigenvalue weighted by molar-refractivity contribution is 1.52. The van der Waals surface area contributed by atoms with Crippen LogP contribution in [0.4, 0.5) is 0 Å². The Kier molecular flexibility index (Phi) is 4.60. The fourth-order valence-corrected chi connectivity index (χ4v) is 3.98. The van der Waals surface area contributed by atoms with E-state index in [1.807, 2.05) is 30.3 Å². The Bertz CT molecular complexity index is 522. The fourth-order valence-electron chi connectivity index (χ4n) is 1.46. The summed E-state index contributed by atoms with van der Waals surface area (Å²) < 4.78 is 3.17. The molecule has 0 aliphatic carbocycles. The molecule has 0 aliphatic heterocycles. The molecule has 0 radical (unpaired) electrons. The van der Waals surface area contributed by atoms with Crippen molar-refractivity contribution < 1.29 is 0 Å². The predicted molar refractivity (Wildman–Crippen MR) is 84.9 cm³/mol. The molecule has 0 aliphatic rings. The monoisotopic (exact) mass is 414 g/mol. The molecule has 2 rings (SSSR count). The van der Waals surface area contributed by atoms with E-state index < -0.39 is 0 Å². The highest BCUT2D eigenvalue weighted by atomic mass is 79.9. The van der Waals surface area contributed by atoms with Gasteiger partial charge in [-0.3, -0.25) is 0 Å². The Morgan fingerprint density at radius 1 is 0.765 bits per heavy atom. The second kappa shape index (κ2) is 5.98. The van der Waals surface area contributed by atoms with E-state index in [9.17, 15) is 0 Å². The van der Waals surface area contributed by atoms with Gasteiger partial charge in [0, 0.05) is 19.0 Å². The van der Waals surface area contributed by atoms with Crippen molar-refractivity contribution in [2.24, 2.45) is 0 Å². The zero-order valence-electron chi connectivity index (χ0n) is 8.83. The van der Waals surface area contributed by atoms with Crippen molar-refractivity contribution in [1.29, 1.82) is 0 Å². The van der Waals surface area contributed by atoms with Gasteiger partial charge in [-0.1, -0.05) is 90.3 Å². The van der Waals surface area contributed by atoms with Gasteiger partial charge in [0.05, 0.1) is 0 Å². The first-order valence-electron chi connectivity index (χ1n) is 5.04. The van der Waals surface area contributed by atoms with Gasteiger partial charge >= 0.3 is 0 Å². The number of hydrogen-bond donors (Lipinski definition) is 0. The normalized spacial score (nSPS) is 11.0. The third-order valence-electron chi connectivity index (χ3n) is 2.29. The first kappa shape index (κ1) is 13.1. The van der Waals surface area contributed by atoms with Crippen LogP contribution in [0.25, 0.3) is 12.2 Å². The summed E-state index contributed by atoms with van der Waals surface area (Å²) in [6.45, 7) is 0. The second-order valence-electron chi connectivity index (χ2n) is 3.53. The molecule has 0 nitrogen and oxygen atoms in total. The summed E-state index contributed by atoms with van der Waals surface area (Å²) >= 11 is 10.6. The average molecular weight is 417 g/mol. The van der Waals surface area contributed by atoms with Gasteiger partial charge < -0.3 is 0 Å². The van der Waals surface area contributed by atoms with E-state index in [2.05, 4.69) is 72.1 Å². The molecule has 0 heterocycles. The van der Waals surface area contributed by atoms with Crippen LogP contribution < -0.4 is 0 Å². The van der Waals surface area contributed by atoms with Gasteiger partial charge in [0.25, 0.3) is 0 Å². The van der Waals surface area contributed by atoms with E-state index in [1.165, 1.54) is 5.56 Å². The lowest BCUT2D eigenvalue weighted by atomic mass is 10.1. The van der Waals surface area contributed by atoms with Crippen LogP contribution in [0.5, 0.6) is 0 Å². The summed E-state index contributed by atoms with van der Waals surface area (Å²) in [5.41, 5.74) is 2.33. The summed E-state index contributed by atoms with van der Waals surface area (Å²) in [6, 6.07) is 14.3. The van der Waals surface area contributed by atoms with Crippen molar-refractivity contribution in [1.82, 2.24) is 0 Å². The van der Waals surface area contributed by atoms with Gasteiger partial charge in [0.15, 0.2) is 0 Å². The number of benzene rings is 2. The van der Waals surface area contributed by atoms with E-state index in [-0.39, 0.29) is 0 Å². The SMILES string of the molecule is Brc1cc(Br)c(/C=C/c2ccccc2)c(Br)c1. The molecule has 0 fully saturated rings. The van der Waals surface area contributed by atoms with E-state index in [0.29, 0.717) is 0 Å². The van der Waals surface area contributed by atoms with Crippen molar-refractivity contribution in [3.63, 3.8) is 0 Å². The van der Waals surface area contributed by atoms with Crippen LogP contribution in [-0.2, 0) is 0 Å². The van der Waals surface area contributed by atoms with Crippen molar-refractivity contribution in [2.75, 3.05) is 0 Å². The topological polar surface area (TPSA) is 0 Å². The van der Waals surface area contributed by atoms with Gasteiger partial charge in [-0.2, -0.15) is 0 Å². The maximum absolute atomic E-state index is 3.56. The maximum Gasteiger partial charge on any atom is 0.0270 e. The number of rotatable bonds is 2. The first-order valence-corrected chi connectivity index (χ1v) is 7.42. The van der Waals surface area contributed by atoms with Gasteiger partial charge in [0.2, 0.25) is 0 Å². The Hall–Kier alpha value is -0.380. The molecule has 0 amide bonds. The fraction of sp³-hybridized carbons (Fsp3) is 0. The van der Waals surface area contributed by atoms with Crippen molar-refractivity contribution in [3.05, 3.63) is 67.0 Å². The van der Waals surface area contributed by atoms with Crippen LogP contribution >= 0.6 is 47.8 Å². The molecule has 17 heavy (non-hydrogen) atoms. The lowest BCUT2D eigenvalue weighted by Gasteiger charge is -2.03. The number of halogens is 3. The van der Waals surface area contributed by atoms with Crippen LogP contribution in [0.3, 0.4) is 0 Å². The molecular formula is C14H9Br3. The summed E-state index contributed by atoms with van der Waals surface area (Å²) in [4.78, 5) is 0. The Balaban J connectivity index is 2.34. The standard InChI is InChI=1S/C14H9Br3/c15-11-8-13(16)12(14(17)9-11)7-6-10-4-2-1-3-5-10/h1-9H/b7-6+. The molecule has 0 N–H and O–H groups in total. The highest BCUT2D eigenvalue weighted by molar-refractivity contribution is 9.11. The van der Waals surface area contributed by atoms with Crippen LogP contribution in [0.2, 0.25) is 0 Å². The van der Waals surface area contributed by atoms with Gasteiger partial charge in [0.1, 0.15) is 0 Å². The molecule has 2 aromatic carbocycles. The minimum Gasteiger partial charge on any atom is -0.0622 e. The summed E-state index contributed by atoms with van der Waals surface area (Å²) in [5.74, 6) is 0. The van der Waals surface area contributed by atoms with Crippen molar-refractivity contribution >= 4 is 59.9 Å². The van der Waals surface area contributed by atoms with Crippen LogP contribution in [0, 0.1) is 0 Å². The molecule has 0 atom stereocenters. The molecule has 3 heteroatoms. The first-order chi connectivity index (χ1) is 8.16. The third kappa shape index (κ3) is 3.54. The largest absolute Gasteiger partial charge is 0.0622 e. The molecule has 0 spiro atoms. The Morgan fingerprint density at radius 3 is 1.94 bits per heavy atom. The second-order valence-corrected chi connectivity index (χ2v) is 6.15. The molecule has 2 aromatic rings. The zero-order valence-corrected chi connectivity index (χ0v) is 13.6. The van der Waals surface area contributed by atoms with Crippen molar-refractivity contribution in [2.45, 2.75) is 0 Å². The molecule has 0 bridgehead atoms. The molecule has 0 aromatic heterocycles. The highest BCUT2D eigenvalue weighted by Crippen LogP contribution is 2.31. The van der Waals surface area contributed by atoms with E-state index in [4.69, 9.17) is 0 Å². The highest BCUT2D eigenvalue weighted by Gasteiger charge is 2.03. The maximum atomic E-state index is 3.56. The molecule has 86 valence electrons. The quantitative estimate of drug-likeness (QED) is 0.515. The average Bonchev–Trinajstić information content (AvgIpc) is 2.29. The summed E-state index contributed by atoms with van der Waals surface area (Å²) in [6.07, 6.45) is 4.19. The summed E-state index contributed by atoms with van der Waals surface area (Å²) in [5, 5.41) is 0. The van der Waals surface area contributed by atoms with Gasteiger partial charge in [-0.25, -0.2) is 0 Å². The lowest BCUT2D eigenvalue weighted by Crippen LogP contribution is -1.79. The van der Waals surface area contributed by atoms with E-state index in [0.717, 1.165) is 19.0 Å².